The highest BCUT2D eigenvalue weighted by Gasteiger charge is 2.26. The molecule has 1 atom stereocenters. The van der Waals surface area contributed by atoms with E-state index in [4.69, 9.17) is 5.11 Å². The second-order valence-corrected chi connectivity index (χ2v) is 4.33. The van der Waals surface area contributed by atoms with Gasteiger partial charge in [0.25, 0.3) is 0 Å². The molecule has 0 fully saturated rings. The van der Waals surface area contributed by atoms with Crippen LogP contribution in [0.5, 0.6) is 0 Å². The summed E-state index contributed by atoms with van der Waals surface area (Å²) in [6.45, 7) is 1.99. The normalized spacial score (nSPS) is 19.4. The second-order valence-electron chi connectivity index (χ2n) is 4.33. The SMILES string of the molecule is CC(=O)N1CCC(C(=O)O)Cc2ccccc21. The topological polar surface area (TPSA) is 57.6 Å². The van der Waals surface area contributed by atoms with Crippen molar-refractivity contribution >= 4 is 17.6 Å². The Labute approximate surface area is 99.9 Å². The molecule has 2 rings (SSSR count). The number of carboxylic acids is 1. The third-order valence-corrected chi connectivity index (χ3v) is 3.18. The lowest BCUT2D eigenvalue weighted by Crippen LogP contribution is -2.30. The van der Waals surface area contributed by atoms with Gasteiger partial charge in [-0.3, -0.25) is 9.59 Å². The standard InChI is InChI=1S/C13H15NO3/c1-9(15)14-7-6-11(13(16)17)8-10-4-2-3-5-12(10)14/h2-5,11H,6-8H2,1H3,(H,16,17). The minimum atomic E-state index is -0.787. The number of rotatable bonds is 1. The van der Waals surface area contributed by atoms with E-state index in [1.54, 1.807) is 4.90 Å². The van der Waals surface area contributed by atoms with Gasteiger partial charge in [0, 0.05) is 19.2 Å². The smallest absolute Gasteiger partial charge is 0.306 e. The van der Waals surface area contributed by atoms with E-state index in [0.29, 0.717) is 19.4 Å². The number of hydrogen-bond acceptors (Lipinski definition) is 2. The molecule has 0 bridgehead atoms. The summed E-state index contributed by atoms with van der Waals surface area (Å²) < 4.78 is 0. The Hall–Kier alpha value is -1.84. The first-order valence-corrected chi connectivity index (χ1v) is 5.68. The zero-order valence-electron chi connectivity index (χ0n) is 9.72. The zero-order chi connectivity index (χ0) is 12.4. The average molecular weight is 233 g/mol. The molecule has 4 heteroatoms. The first-order valence-electron chi connectivity index (χ1n) is 5.68. The van der Waals surface area contributed by atoms with E-state index in [9.17, 15) is 9.59 Å². The Morgan fingerprint density at radius 1 is 1.35 bits per heavy atom. The fourth-order valence-electron chi connectivity index (χ4n) is 2.26. The van der Waals surface area contributed by atoms with Crippen molar-refractivity contribution in [2.24, 2.45) is 5.92 Å². The quantitative estimate of drug-likeness (QED) is 0.803. The molecule has 0 saturated carbocycles. The van der Waals surface area contributed by atoms with Gasteiger partial charge < -0.3 is 10.0 Å². The Kier molecular flexibility index (Phi) is 3.13. The molecular formula is C13H15NO3. The van der Waals surface area contributed by atoms with E-state index in [0.717, 1.165) is 11.3 Å². The van der Waals surface area contributed by atoms with Crippen molar-refractivity contribution in [1.29, 1.82) is 0 Å². The van der Waals surface area contributed by atoms with Crippen molar-refractivity contribution < 1.29 is 14.7 Å². The molecule has 1 aromatic carbocycles. The number of hydrogen-bond donors (Lipinski definition) is 1. The van der Waals surface area contributed by atoms with E-state index in [1.165, 1.54) is 6.92 Å². The zero-order valence-corrected chi connectivity index (χ0v) is 9.72. The van der Waals surface area contributed by atoms with E-state index in [2.05, 4.69) is 0 Å². The van der Waals surface area contributed by atoms with Gasteiger partial charge in [0.15, 0.2) is 0 Å². The molecule has 1 aliphatic heterocycles. The lowest BCUT2D eigenvalue weighted by molar-refractivity contribution is -0.141. The van der Waals surface area contributed by atoms with Gasteiger partial charge in [-0.05, 0) is 24.5 Å². The first-order chi connectivity index (χ1) is 8.09. The van der Waals surface area contributed by atoms with E-state index >= 15 is 0 Å². The summed E-state index contributed by atoms with van der Waals surface area (Å²) in [5.41, 5.74) is 1.79. The number of amides is 1. The molecule has 17 heavy (non-hydrogen) atoms. The summed E-state index contributed by atoms with van der Waals surface area (Å²) in [6, 6.07) is 7.52. The van der Waals surface area contributed by atoms with E-state index < -0.39 is 11.9 Å². The number of fused-ring (bicyclic) bond motifs is 1. The van der Waals surface area contributed by atoms with Crippen LogP contribution in [-0.4, -0.2) is 23.5 Å². The highest BCUT2D eigenvalue weighted by atomic mass is 16.4. The van der Waals surface area contributed by atoms with Crippen molar-refractivity contribution in [2.75, 3.05) is 11.4 Å². The first kappa shape index (κ1) is 11.6. The Bertz CT molecular complexity index is 456. The summed E-state index contributed by atoms with van der Waals surface area (Å²) in [6.07, 6.45) is 0.999. The van der Waals surface area contributed by atoms with Gasteiger partial charge in [-0.15, -0.1) is 0 Å². The monoisotopic (exact) mass is 233 g/mol. The van der Waals surface area contributed by atoms with Crippen LogP contribution in [-0.2, 0) is 16.0 Å². The maximum Gasteiger partial charge on any atom is 0.306 e. The third kappa shape index (κ3) is 2.30. The summed E-state index contributed by atoms with van der Waals surface area (Å²) >= 11 is 0. The Morgan fingerprint density at radius 2 is 2.06 bits per heavy atom. The fourth-order valence-corrected chi connectivity index (χ4v) is 2.26. The van der Waals surface area contributed by atoms with Gasteiger partial charge >= 0.3 is 5.97 Å². The van der Waals surface area contributed by atoms with Crippen LogP contribution in [0.2, 0.25) is 0 Å². The lowest BCUT2D eigenvalue weighted by Gasteiger charge is -2.20. The largest absolute Gasteiger partial charge is 0.481 e. The van der Waals surface area contributed by atoms with Gasteiger partial charge in [0.05, 0.1) is 5.92 Å². The number of benzene rings is 1. The van der Waals surface area contributed by atoms with Crippen LogP contribution >= 0.6 is 0 Å². The van der Waals surface area contributed by atoms with Crippen LogP contribution in [0.1, 0.15) is 18.9 Å². The number of carbonyl (C=O) groups is 2. The fraction of sp³-hybridized carbons (Fsp3) is 0.385. The minimum Gasteiger partial charge on any atom is -0.481 e. The second kappa shape index (κ2) is 4.57. The molecule has 1 aromatic rings. The maximum atomic E-state index is 11.6. The lowest BCUT2D eigenvalue weighted by atomic mass is 9.97. The van der Waals surface area contributed by atoms with Gasteiger partial charge in [0.1, 0.15) is 0 Å². The number of para-hydroxylation sites is 1. The van der Waals surface area contributed by atoms with Gasteiger partial charge in [0.2, 0.25) is 5.91 Å². The van der Waals surface area contributed by atoms with Crippen LogP contribution < -0.4 is 4.90 Å². The maximum absolute atomic E-state index is 11.6. The summed E-state index contributed by atoms with van der Waals surface area (Å²) in [7, 11) is 0. The molecule has 0 saturated heterocycles. The molecule has 1 N–H and O–H groups in total. The molecule has 0 aromatic heterocycles. The molecule has 1 heterocycles. The van der Waals surface area contributed by atoms with Crippen molar-refractivity contribution in [3.05, 3.63) is 29.8 Å². The summed E-state index contributed by atoms with van der Waals surface area (Å²) in [5.74, 6) is -1.23. The molecule has 4 nitrogen and oxygen atoms in total. The number of aliphatic carboxylic acids is 1. The van der Waals surface area contributed by atoms with Crippen LogP contribution in [0.15, 0.2) is 24.3 Å². The van der Waals surface area contributed by atoms with Crippen molar-refractivity contribution in [1.82, 2.24) is 0 Å². The van der Waals surface area contributed by atoms with Crippen molar-refractivity contribution in [3.63, 3.8) is 0 Å². The molecule has 90 valence electrons. The summed E-state index contributed by atoms with van der Waals surface area (Å²) in [4.78, 5) is 24.3. The molecule has 1 amide bonds. The number of carbonyl (C=O) groups excluding carboxylic acids is 1. The van der Waals surface area contributed by atoms with Crippen LogP contribution in [0.3, 0.4) is 0 Å². The third-order valence-electron chi connectivity index (χ3n) is 3.18. The summed E-state index contributed by atoms with van der Waals surface area (Å²) in [5, 5.41) is 9.11. The van der Waals surface area contributed by atoms with Gasteiger partial charge in [-0.1, -0.05) is 18.2 Å². The van der Waals surface area contributed by atoms with Crippen molar-refractivity contribution in [2.45, 2.75) is 19.8 Å². The van der Waals surface area contributed by atoms with Crippen molar-refractivity contribution in [3.8, 4) is 0 Å². The van der Waals surface area contributed by atoms with E-state index in [1.807, 2.05) is 24.3 Å². The Morgan fingerprint density at radius 3 is 2.71 bits per heavy atom. The van der Waals surface area contributed by atoms with Crippen LogP contribution in [0.25, 0.3) is 0 Å². The Balaban J connectivity index is 2.40. The molecule has 0 radical (unpaired) electrons. The molecule has 1 unspecified atom stereocenters. The number of nitrogens with zero attached hydrogens (tertiary/aromatic N) is 1. The average Bonchev–Trinajstić information content (AvgIpc) is 2.47. The predicted octanol–water partition coefficient (Wildman–Crippen LogP) is 1.69. The molecule has 0 aliphatic carbocycles. The van der Waals surface area contributed by atoms with Crippen LogP contribution in [0.4, 0.5) is 5.69 Å². The molecule has 1 aliphatic rings. The number of carboxylic acid groups (broad SMARTS) is 1. The van der Waals surface area contributed by atoms with E-state index in [-0.39, 0.29) is 5.91 Å². The van der Waals surface area contributed by atoms with Gasteiger partial charge in [-0.2, -0.15) is 0 Å². The predicted molar refractivity (Wildman–Crippen MR) is 63.9 cm³/mol. The minimum absolute atomic E-state index is 0.0384. The van der Waals surface area contributed by atoms with Crippen LogP contribution in [0, 0.1) is 5.92 Å². The van der Waals surface area contributed by atoms with Gasteiger partial charge in [-0.25, -0.2) is 0 Å². The highest BCUT2D eigenvalue weighted by molar-refractivity contribution is 5.92. The highest BCUT2D eigenvalue weighted by Crippen LogP contribution is 2.28. The molecule has 0 spiro atoms. The molecular weight excluding hydrogens is 218 g/mol. The number of anilines is 1.